The lowest BCUT2D eigenvalue weighted by Crippen LogP contribution is -2.37. The molecule has 2 rings (SSSR count). The van der Waals surface area contributed by atoms with E-state index in [0.717, 1.165) is 11.3 Å². The molecule has 0 radical (unpaired) electrons. The van der Waals surface area contributed by atoms with E-state index in [1.165, 1.54) is 0 Å². The van der Waals surface area contributed by atoms with Crippen LogP contribution in [0, 0.1) is 5.41 Å². The van der Waals surface area contributed by atoms with Gasteiger partial charge in [0.2, 0.25) is 5.91 Å². The molecule has 2 aromatic heterocycles. The largest absolute Gasteiger partial charge is 0.357 e. The lowest BCUT2D eigenvalue weighted by molar-refractivity contribution is -0.139. The first-order valence-corrected chi connectivity index (χ1v) is 7.09. The second kappa shape index (κ2) is 6.13. The predicted octanol–water partition coefficient (Wildman–Crippen LogP) is 2.20. The summed E-state index contributed by atoms with van der Waals surface area (Å²) in [7, 11) is 1.97. The van der Waals surface area contributed by atoms with E-state index in [2.05, 4.69) is 5.10 Å². The fourth-order valence-corrected chi connectivity index (χ4v) is 2.24. The predicted molar refractivity (Wildman–Crippen MR) is 79.6 cm³/mol. The average Bonchev–Trinajstić information content (AvgIpc) is 3.12. The first kappa shape index (κ1) is 15.3. The summed E-state index contributed by atoms with van der Waals surface area (Å²) in [6.07, 6.45) is 7.18. The van der Waals surface area contributed by atoms with E-state index >= 15 is 0 Å². The second-order valence-electron chi connectivity index (χ2n) is 5.63. The molecule has 0 saturated carbocycles. The Labute approximate surface area is 124 Å². The van der Waals surface area contributed by atoms with Crippen LogP contribution in [-0.4, -0.2) is 25.5 Å². The highest BCUT2D eigenvalue weighted by atomic mass is 16.5. The van der Waals surface area contributed by atoms with Crippen molar-refractivity contribution in [2.75, 3.05) is 0 Å². The topological polar surface area (TPSA) is 72.1 Å². The highest BCUT2D eigenvalue weighted by Crippen LogP contribution is 2.27. The summed E-state index contributed by atoms with van der Waals surface area (Å²) in [4.78, 5) is 11.7. The minimum absolute atomic E-state index is 0.347. The molecule has 0 aliphatic carbocycles. The van der Waals surface area contributed by atoms with Crippen molar-refractivity contribution in [3.8, 4) is 11.3 Å². The molecule has 6 heteroatoms. The number of nitrogens with zero attached hydrogens (tertiary/aromatic N) is 3. The molecular formula is C15H22N4O2. The number of aryl methyl sites for hydroxylation is 2. The monoisotopic (exact) mass is 290 g/mol. The molecule has 2 N–H and O–H groups in total. The van der Waals surface area contributed by atoms with Crippen LogP contribution in [0.3, 0.4) is 0 Å². The smallest absolute Gasteiger partial charge is 0.249 e. The van der Waals surface area contributed by atoms with Crippen LogP contribution < -0.4 is 5.48 Å². The van der Waals surface area contributed by atoms with Crippen molar-refractivity contribution < 1.29 is 10.0 Å². The van der Waals surface area contributed by atoms with Crippen molar-refractivity contribution in [1.82, 2.24) is 19.8 Å². The standard InChI is InChI=1S/C15H22N4O2/c1-4-15(2,14(20)17-21)7-10-19-9-6-13(16-19)12-5-8-18(3)11-12/h5-6,8-9,11,21H,4,7,10H2,1-3H3,(H,17,20). The van der Waals surface area contributed by atoms with Gasteiger partial charge in [-0.3, -0.25) is 14.7 Å². The fourth-order valence-electron chi connectivity index (χ4n) is 2.24. The van der Waals surface area contributed by atoms with Gasteiger partial charge in [-0.1, -0.05) is 13.8 Å². The van der Waals surface area contributed by atoms with Crippen LogP contribution >= 0.6 is 0 Å². The van der Waals surface area contributed by atoms with Crippen LogP contribution in [-0.2, 0) is 18.4 Å². The second-order valence-corrected chi connectivity index (χ2v) is 5.63. The Hall–Kier alpha value is -2.08. The van der Waals surface area contributed by atoms with Gasteiger partial charge >= 0.3 is 0 Å². The minimum atomic E-state index is -0.590. The van der Waals surface area contributed by atoms with Gasteiger partial charge in [-0.2, -0.15) is 5.10 Å². The van der Waals surface area contributed by atoms with Crippen molar-refractivity contribution in [2.24, 2.45) is 12.5 Å². The van der Waals surface area contributed by atoms with Gasteiger partial charge in [0.05, 0.1) is 11.1 Å². The molecule has 0 fully saturated rings. The molecule has 0 saturated heterocycles. The molecule has 21 heavy (non-hydrogen) atoms. The number of nitrogens with one attached hydrogen (secondary N) is 1. The summed E-state index contributed by atoms with van der Waals surface area (Å²) >= 11 is 0. The molecule has 2 heterocycles. The maximum Gasteiger partial charge on any atom is 0.249 e. The first-order chi connectivity index (χ1) is 9.98. The molecule has 1 atom stereocenters. The van der Waals surface area contributed by atoms with Gasteiger partial charge < -0.3 is 4.57 Å². The molecule has 0 aliphatic rings. The fraction of sp³-hybridized carbons (Fsp3) is 0.467. The molecule has 0 spiro atoms. The molecular weight excluding hydrogens is 268 g/mol. The number of hydrogen-bond donors (Lipinski definition) is 2. The highest BCUT2D eigenvalue weighted by Gasteiger charge is 2.30. The number of rotatable bonds is 6. The summed E-state index contributed by atoms with van der Waals surface area (Å²) in [5.74, 6) is -0.347. The Morgan fingerprint density at radius 3 is 2.76 bits per heavy atom. The van der Waals surface area contributed by atoms with E-state index in [0.29, 0.717) is 19.4 Å². The summed E-state index contributed by atoms with van der Waals surface area (Å²) in [6.45, 7) is 4.42. The van der Waals surface area contributed by atoms with Crippen LogP contribution in [0.5, 0.6) is 0 Å². The molecule has 0 aliphatic heterocycles. The lowest BCUT2D eigenvalue weighted by Gasteiger charge is -2.25. The Morgan fingerprint density at radius 2 is 2.19 bits per heavy atom. The van der Waals surface area contributed by atoms with Crippen molar-refractivity contribution in [2.45, 2.75) is 33.2 Å². The van der Waals surface area contributed by atoms with Gasteiger partial charge in [-0.25, -0.2) is 5.48 Å². The number of carbonyl (C=O) groups excluding carboxylic acids is 1. The van der Waals surface area contributed by atoms with Crippen LogP contribution in [0.25, 0.3) is 11.3 Å². The van der Waals surface area contributed by atoms with E-state index < -0.39 is 5.41 Å². The molecule has 1 unspecified atom stereocenters. The summed E-state index contributed by atoms with van der Waals surface area (Å²) in [5.41, 5.74) is 3.15. The molecule has 0 aromatic carbocycles. The van der Waals surface area contributed by atoms with Gasteiger partial charge in [0.25, 0.3) is 0 Å². The Kier molecular flexibility index (Phi) is 4.47. The van der Waals surface area contributed by atoms with Crippen molar-refractivity contribution in [3.05, 3.63) is 30.7 Å². The van der Waals surface area contributed by atoms with Gasteiger partial charge in [-0.05, 0) is 25.0 Å². The minimum Gasteiger partial charge on any atom is -0.357 e. The Balaban J connectivity index is 2.04. The highest BCUT2D eigenvalue weighted by molar-refractivity contribution is 5.80. The van der Waals surface area contributed by atoms with Crippen molar-refractivity contribution in [3.63, 3.8) is 0 Å². The van der Waals surface area contributed by atoms with Crippen LogP contribution in [0.4, 0.5) is 0 Å². The Bertz CT molecular complexity index is 617. The Morgan fingerprint density at radius 1 is 1.43 bits per heavy atom. The van der Waals surface area contributed by atoms with Crippen LogP contribution in [0.1, 0.15) is 26.7 Å². The molecule has 0 bridgehead atoms. The normalized spacial score (nSPS) is 13.9. The molecule has 1 amide bonds. The maximum atomic E-state index is 11.7. The van der Waals surface area contributed by atoms with E-state index in [1.54, 1.807) is 5.48 Å². The van der Waals surface area contributed by atoms with Crippen LogP contribution in [0.2, 0.25) is 0 Å². The summed E-state index contributed by atoms with van der Waals surface area (Å²) in [6, 6.07) is 3.98. The number of hydroxylamine groups is 1. The molecule has 114 valence electrons. The SMILES string of the molecule is CCC(C)(CCn1ccc(-c2ccn(C)c2)n1)C(=O)NO. The third-order valence-electron chi connectivity index (χ3n) is 4.09. The maximum absolute atomic E-state index is 11.7. The first-order valence-electron chi connectivity index (χ1n) is 7.09. The van der Waals surface area contributed by atoms with Gasteiger partial charge in [0.15, 0.2) is 0 Å². The van der Waals surface area contributed by atoms with Gasteiger partial charge in [0.1, 0.15) is 0 Å². The van der Waals surface area contributed by atoms with E-state index in [4.69, 9.17) is 5.21 Å². The van der Waals surface area contributed by atoms with E-state index in [9.17, 15) is 4.79 Å². The summed E-state index contributed by atoms with van der Waals surface area (Å²) < 4.78 is 3.81. The number of amides is 1. The van der Waals surface area contributed by atoms with Gasteiger partial charge in [-0.15, -0.1) is 0 Å². The lowest BCUT2D eigenvalue weighted by atomic mass is 9.83. The zero-order chi connectivity index (χ0) is 15.5. The van der Waals surface area contributed by atoms with Crippen molar-refractivity contribution in [1.29, 1.82) is 0 Å². The van der Waals surface area contributed by atoms with E-state index in [-0.39, 0.29) is 5.91 Å². The number of aromatic nitrogens is 3. The quantitative estimate of drug-likeness (QED) is 0.633. The zero-order valence-corrected chi connectivity index (χ0v) is 12.7. The average molecular weight is 290 g/mol. The van der Waals surface area contributed by atoms with Crippen molar-refractivity contribution >= 4 is 5.91 Å². The number of carbonyl (C=O) groups is 1. The van der Waals surface area contributed by atoms with E-state index in [1.807, 2.05) is 60.9 Å². The van der Waals surface area contributed by atoms with Crippen LogP contribution in [0.15, 0.2) is 30.7 Å². The molecule has 6 nitrogen and oxygen atoms in total. The third-order valence-corrected chi connectivity index (χ3v) is 4.09. The number of hydrogen-bond acceptors (Lipinski definition) is 3. The summed E-state index contributed by atoms with van der Waals surface area (Å²) in [5, 5.41) is 13.4. The zero-order valence-electron chi connectivity index (χ0n) is 12.7. The van der Waals surface area contributed by atoms with Gasteiger partial charge in [0, 0.05) is 37.7 Å². The third kappa shape index (κ3) is 3.33. The molecule has 2 aromatic rings.